The number of hydrogen-bond acceptors (Lipinski definition) is 5. The van der Waals surface area contributed by atoms with Gasteiger partial charge in [-0.2, -0.15) is 9.38 Å². The third-order valence-corrected chi connectivity index (χ3v) is 4.68. The van der Waals surface area contributed by atoms with Gasteiger partial charge in [-0.3, -0.25) is 4.98 Å². The summed E-state index contributed by atoms with van der Waals surface area (Å²) in [6.07, 6.45) is 5.64. The molecule has 0 spiro atoms. The molecule has 5 aromatic rings. The molecule has 2 N–H and O–H groups in total. The minimum absolute atomic E-state index is 0.176. The van der Waals surface area contributed by atoms with Crippen LogP contribution in [0, 0.1) is 6.92 Å². The molecule has 0 unspecified atom stereocenters. The molecule has 7 heteroatoms. The molecule has 0 saturated heterocycles. The molecule has 132 valence electrons. The Morgan fingerprint density at radius 2 is 1.85 bits per heavy atom. The number of nitrogen functional groups attached to an aromatic ring is 1. The number of pyridine rings is 2. The lowest BCUT2D eigenvalue weighted by Gasteiger charge is -2.04. The fourth-order valence-corrected chi connectivity index (χ4v) is 3.51. The lowest BCUT2D eigenvalue weighted by molar-refractivity contribution is -0.499. The van der Waals surface area contributed by atoms with E-state index in [1.54, 1.807) is 12.4 Å². The van der Waals surface area contributed by atoms with Crippen LogP contribution in [0.3, 0.4) is 0 Å². The van der Waals surface area contributed by atoms with Crippen molar-refractivity contribution in [2.24, 2.45) is 7.05 Å². The molecule has 0 fully saturated rings. The van der Waals surface area contributed by atoms with Crippen molar-refractivity contribution in [3.8, 4) is 22.5 Å². The molecule has 0 aliphatic carbocycles. The van der Waals surface area contributed by atoms with Crippen LogP contribution in [0.5, 0.6) is 0 Å². The molecule has 7 nitrogen and oxygen atoms in total. The fourth-order valence-electron chi connectivity index (χ4n) is 3.51. The van der Waals surface area contributed by atoms with Crippen molar-refractivity contribution in [2.75, 3.05) is 5.73 Å². The van der Waals surface area contributed by atoms with Crippen molar-refractivity contribution in [3.05, 3.63) is 60.6 Å². The molecule has 0 radical (unpaired) electrons. The standard InChI is InChI=1S/C20H17N6O/c1-12-9-15(14-3-4-16-17(10-14)27-20(21)23-16)11-26-18(24-25(2)19(12)26)13-5-7-22-8-6-13/h3-11H,1-2H3,(H2,21,23)/q+1. The van der Waals surface area contributed by atoms with Gasteiger partial charge in [0.2, 0.25) is 0 Å². The number of nitrogens with zero attached hydrogens (tertiary/aromatic N) is 5. The first-order chi connectivity index (χ1) is 13.1. The molecule has 4 heterocycles. The molecule has 0 saturated carbocycles. The Kier molecular flexibility index (Phi) is 3.24. The van der Waals surface area contributed by atoms with E-state index in [2.05, 4.69) is 33.6 Å². The summed E-state index contributed by atoms with van der Waals surface area (Å²) in [5, 5.41) is 4.72. The average molecular weight is 357 g/mol. The van der Waals surface area contributed by atoms with Gasteiger partial charge in [0.1, 0.15) is 5.52 Å². The topological polar surface area (TPSA) is 86.9 Å². The first-order valence-corrected chi connectivity index (χ1v) is 8.56. The Labute approximate surface area is 154 Å². The van der Waals surface area contributed by atoms with Crippen molar-refractivity contribution >= 4 is 22.8 Å². The van der Waals surface area contributed by atoms with Crippen LogP contribution in [-0.2, 0) is 7.05 Å². The van der Waals surface area contributed by atoms with Crippen LogP contribution in [0.1, 0.15) is 5.56 Å². The highest BCUT2D eigenvalue weighted by atomic mass is 16.4. The van der Waals surface area contributed by atoms with E-state index >= 15 is 0 Å². The van der Waals surface area contributed by atoms with Crippen LogP contribution >= 0.6 is 0 Å². The minimum atomic E-state index is 0.176. The van der Waals surface area contributed by atoms with Gasteiger partial charge >= 0.3 is 5.82 Å². The van der Waals surface area contributed by atoms with Crippen molar-refractivity contribution in [3.63, 3.8) is 0 Å². The number of benzene rings is 1. The molecule has 0 bridgehead atoms. The molecule has 27 heavy (non-hydrogen) atoms. The highest BCUT2D eigenvalue weighted by molar-refractivity contribution is 5.81. The Bertz CT molecular complexity index is 1300. The predicted molar refractivity (Wildman–Crippen MR) is 102 cm³/mol. The van der Waals surface area contributed by atoms with Crippen LogP contribution in [0.15, 0.2) is 59.4 Å². The Balaban J connectivity index is 1.75. The number of oxazole rings is 1. The summed E-state index contributed by atoms with van der Waals surface area (Å²) in [4.78, 5) is 8.26. The molecule has 0 atom stereocenters. The van der Waals surface area contributed by atoms with Gasteiger partial charge < -0.3 is 10.2 Å². The van der Waals surface area contributed by atoms with Crippen LogP contribution < -0.4 is 10.1 Å². The lowest BCUT2D eigenvalue weighted by atomic mass is 10.1. The van der Waals surface area contributed by atoms with E-state index in [1.165, 1.54) is 0 Å². The molecule has 1 aromatic carbocycles. The second kappa shape index (κ2) is 5.63. The second-order valence-corrected chi connectivity index (χ2v) is 6.52. The summed E-state index contributed by atoms with van der Waals surface area (Å²) in [5.74, 6) is 0.866. The van der Waals surface area contributed by atoms with E-state index in [0.29, 0.717) is 5.58 Å². The van der Waals surface area contributed by atoms with Crippen molar-refractivity contribution in [1.29, 1.82) is 0 Å². The first-order valence-electron chi connectivity index (χ1n) is 8.56. The normalized spacial score (nSPS) is 11.5. The van der Waals surface area contributed by atoms with Crippen molar-refractivity contribution < 1.29 is 8.82 Å². The zero-order chi connectivity index (χ0) is 18.5. The summed E-state index contributed by atoms with van der Waals surface area (Å²) in [5.41, 5.74) is 12.4. The summed E-state index contributed by atoms with van der Waals surface area (Å²) >= 11 is 0. The van der Waals surface area contributed by atoms with Crippen LogP contribution in [-0.4, -0.2) is 19.7 Å². The smallest absolute Gasteiger partial charge is 0.313 e. The third-order valence-electron chi connectivity index (χ3n) is 4.68. The van der Waals surface area contributed by atoms with E-state index < -0.39 is 0 Å². The van der Waals surface area contributed by atoms with Gasteiger partial charge in [0.15, 0.2) is 5.58 Å². The van der Waals surface area contributed by atoms with Crippen molar-refractivity contribution in [2.45, 2.75) is 6.92 Å². The molecular formula is C20H17N6O+. The quantitative estimate of drug-likeness (QED) is 0.491. The van der Waals surface area contributed by atoms with Gasteiger partial charge in [-0.05, 0) is 42.8 Å². The van der Waals surface area contributed by atoms with Crippen LogP contribution in [0.25, 0.3) is 39.3 Å². The molecule has 5 rings (SSSR count). The highest BCUT2D eigenvalue weighted by Crippen LogP contribution is 2.27. The maximum atomic E-state index is 5.67. The Morgan fingerprint density at radius 1 is 1.04 bits per heavy atom. The van der Waals surface area contributed by atoms with Crippen LogP contribution in [0.2, 0.25) is 0 Å². The molecule has 0 aliphatic heterocycles. The van der Waals surface area contributed by atoms with Crippen LogP contribution in [0.4, 0.5) is 6.01 Å². The summed E-state index contributed by atoms with van der Waals surface area (Å²) in [7, 11) is 1.95. The second-order valence-electron chi connectivity index (χ2n) is 6.52. The summed E-state index contributed by atoms with van der Waals surface area (Å²) in [6.45, 7) is 2.09. The Morgan fingerprint density at radius 3 is 2.67 bits per heavy atom. The summed E-state index contributed by atoms with van der Waals surface area (Å²) < 4.78 is 9.49. The van der Waals surface area contributed by atoms with E-state index in [0.717, 1.165) is 39.2 Å². The maximum Gasteiger partial charge on any atom is 0.313 e. The SMILES string of the molecule is Cc1cc(-c2ccc3nc(N)oc3c2)c[n+]2c(-c3ccncc3)nn(C)c12. The molecular weight excluding hydrogens is 340 g/mol. The number of nitrogens with two attached hydrogens (primary N) is 1. The lowest BCUT2D eigenvalue weighted by Crippen LogP contribution is -2.23. The highest BCUT2D eigenvalue weighted by Gasteiger charge is 2.22. The monoisotopic (exact) mass is 357 g/mol. The number of fused-ring (bicyclic) bond motifs is 2. The van der Waals surface area contributed by atoms with Gasteiger partial charge in [-0.1, -0.05) is 6.07 Å². The maximum absolute atomic E-state index is 5.67. The number of hydrogen-bond donors (Lipinski definition) is 1. The zero-order valence-electron chi connectivity index (χ0n) is 14.9. The van der Waals surface area contributed by atoms with Crippen molar-refractivity contribution in [1.82, 2.24) is 19.7 Å². The summed E-state index contributed by atoms with van der Waals surface area (Å²) in [6, 6.07) is 12.1. The van der Waals surface area contributed by atoms with E-state index in [9.17, 15) is 0 Å². The number of aryl methyl sites for hydroxylation is 2. The molecule has 4 aromatic heterocycles. The Hall–Kier alpha value is -3.74. The van der Waals surface area contributed by atoms with Gasteiger partial charge in [0, 0.05) is 28.6 Å². The zero-order valence-corrected chi connectivity index (χ0v) is 14.9. The fraction of sp³-hybridized carbons (Fsp3) is 0.100. The van der Waals surface area contributed by atoms with Gasteiger partial charge in [0.05, 0.1) is 18.8 Å². The van der Waals surface area contributed by atoms with Gasteiger partial charge in [-0.25, -0.2) is 0 Å². The number of rotatable bonds is 2. The number of anilines is 1. The van der Waals surface area contributed by atoms with E-state index in [4.69, 9.17) is 15.2 Å². The predicted octanol–water partition coefficient (Wildman–Crippen LogP) is 2.92. The van der Waals surface area contributed by atoms with Gasteiger partial charge in [0.25, 0.3) is 11.7 Å². The van der Waals surface area contributed by atoms with E-state index in [-0.39, 0.29) is 6.01 Å². The largest absolute Gasteiger partial charge is 0.424 e. The molecule has 0 aliphatic rings. The van der Waals surface area contributed by atoms with E-state index in [1.807, 2.05) is 42.1 Å². The average Bonchev–Trinajstić information content (AvgIpc) is 3.21. The van der Waals surface area contributed by atoms with Gasteiger partial charge in [-0.15, -0.1) is 4.68 Å². The minimum Gasteiger partial charge on any atom is -0.424 e. The third kappa shape index (κ3) is 2.43. The number of aromatic nitrogens is 5. The first kappa shape index (κ1) is 15.5. The molecule has 0 amide bonds.